The minimum atomic E-state index is -0.433. The van der Waals surface area contributed by atoms with E-state index in [0.717, 1.165) is 17.1 Å². The van der Waals surface area contributed by atoms with Gasteiger partial charge in [0.2, 0.25) is 0 Å². The van der Waals surface area contributed by atoms with Gasteiger partial charge in [-0.1, -0.05) is 188 Å². The van der Waals surface area contributed by atoms with Crippen molar-refractivity contribution in [1.82, 2.24) is 4.57 Å². The predicted octanol–water partition coefficient (Wildman–Crippen LogP) is 17.1. The van der Waals surface area contributed by atoms with Crippen LogP contribution in [0.4, 0.5) is 17.1 Å². The van der Waals surface area contributed by atoms with Gasteiger partial charge in [-0.15, -0.1) is 0 Å². The summed E-state index contributed by atoms with van der Waals surface area (Å²) >= 11 is 0. The van der Waals surface area contributed by atoms with Crippen LogP contribution in [0.2, 0.25) is 0 Å². The molecule has 11 aromatic carbocycles. The molecule has 0 saturated heterocycles. The third-order valence-corrected chi connectivity index (χ3v) is 14.6. The van der Waals surface area contributed by atoms with E-state index in [1.54, 1.807) is 0 Å². The minimum Gasteiger partial charge on any atom is -0.310 e. The summed E-state index contributed by atoms with van der Waals surface area (Å²) < 4.78 is 2.38. The maximum atomic E-state index is 2.49. The van der Waals surface area contributed by atoms with Gasteiger partial charge in [-0.2, -0.15) is 0 Å². The van der Waals surface area contributed by atoms with Gasteiger partial charge in [0.05, 0.1) is 22.1 Å². The second-order valence-electron chi connectivity index (χ2n) is 18.0. The molecule has 0 saturated carbocycles. The van der Waals surface area contributed by atoms with E-state index in [-0.39, 0.29) is 0 Å². The maximum Gasteiger partial charge on any atom is 0.0726 e. The molecule has 0 amide bonds. The second-order valence-corrected chi connectivity index (χ2v) is 18.0. The van der Waals surface area contributed by atoms with E-state index in [2.05, 4.69) is 264 Å². The van der Waals surface area contributed by atoms with Crippen molar-refractivity contribution in [3.05, 3.63) is 277 Å². The molecule has 0 atom stereocenters. The number of anilines is 3. The smallest absolute Gasteiger partial charge is 0.0726 e. The first-order valence-corrected chi connectivity index (χ1v) is 23.3. The summed E-state index contributed by atoms with van der Waals surface area (Å²) in [5, 5.41) is 4.93. The van der Waals surface area contributed by atoms with Crippen LogP contribution >= 0.6 is 0 Å². The van der Waals surface area contributed by atoms with E-state index in [0.29, 0.717) is 0 Å². The summed E-state index contributed by atoms with van der Waals surface area (Å²) in [6, 6.07) is 94.3. The summed E-state index contributed by atoms with van der Waals surface area (Å²) in [6.07, 6.45) is 0. The van der Waals surface area contributed by atoms with Crippen LogP contribution in [0.3, 0.4) is 0 Å². The average molecular weight is 851 g/mol. The van der Waals surface area contributed by atoms with Gasteiger partial charge >= 0.3 is 0 Å². The fourth-order valence-corrected chi connectivity index (χ4v) is 11.7. The lowest BCUT2D eigenvalue weighted by Crippen LogP contribution is -2.26. The lowest BCUT2D eigenvalue weighted by atomic mass is 9.70. The number of hydrogen-bond acceptors (Lipinski definition) is 1. The monoisotopic (exact) mass is 850 g/mol. The fourth-order valence-electron chi connectivity index (χ4n) is 11.7. The number of para-hydroxylation sites is 2. The zero-order valence-corrected chi connectivity index (χ0v) is 36.6. The van der Waals surface area contributed by atoms with Crippen LogP contribution in [0.25, 0.3) is 82.8 Å². The number of benzene rings is 11. The second kappa shape index (κ2) is 14.7. The number of hydrogen-bond donors (Lipinski definition) is 0. The van der Waals surface area contributed by atoms with Crippen LogP contribution in [0.15, 0.2) is 255 Å². The molecule has 0 aliphatic heterocycles. The minimum absolute atomic E-state index is 0.433. The van der Waals surface area contributed by atoms with Crippen molar-refractivity contribution in [3.63, 3.8) is 0 Å². The molecule has 2 nitrogen and oxygen atoms in total. The largest absolute Gasteiger partial charge is 0.310 e. The van der Waals surface area contributed by atoms with Crippen LogP contribution in [0.5, 0.6) is 0 Å². The molecule has 67 heavy (non-hydrogen) atoms. The number of rotatable bonds is 6. The quantitative estimate of drug-likeness (QED) is 0.162. The third kappa shape index (κ3) is 5.51. The maximum absolute atomic E-state index is 2.49. The summed E-state index contributed by atoms with van der Waals surface area (Å²) in [5.74, 6) is 0. The van der Waals surface area contributed by atoms with Gasteiger partial charge in [0, 0.05) is 33.2 Å². The Morgan fingerprint density at radius 2 is 0.821 bits per heavy atom. The molecule has 2 aliphatic rings. The van der Waals surface area contributed by atoms with Gasteiger partial charge in [0.15, 0.2) is 0 Å². The lowest BCUT2D eigenvalue weighted by molar-refractivity contribution is 0.793. The molecule has 12 aromatic rings. The molecule has 14 rings (SSSR count). The fraction of sp³-hybridized carbons (Fsp3) is 0.0154. The Morgan fingerprint density at radius 3 is 1.55 bits per heavy atom. The van der Waals surface area contributed by atoms with Gasteiger partial charge in [0.1, 0.15) is 0 Å². The molecule has 1 heterocycles. The van der Waals surface area contributed by atoms with Crippen LogP contribution in [-0.2, 0) is 5.41 Å². The van der Waals surface area contributed by atoms with Gasteiger partial charge in [-0.25, -0.2) is 0 Å². The molecule has 2 aliphatic carbocycles. The molecular weight excluding hydrogens is 809 g/mol. The van der Waals surface area contributed by atoms with E-state index in [9.17, 15) is 0 Å². The van der Waals surface area contributed by atoms with Crippen LogP contribution < -0.4 is 4.90 Å². The van der Waals surface area contributed by atoms with Crippen molar-refractivity contribution in [2.45, 2.75) is 5.41 Å². The molecule has 0 bridgehead atoms. The standard InChI is InChI=1S/C65H42N2/c1-2-20-48(21-3-1)67-63-30-13-9-26-56(63)57-41-47(34-39-64(57)67)46-19-14-18-45(40-46)43-32-35-49(36-33-43)66(62-31-15-17-44-16-4-5-22-51(44)62)50-37-38-55-54-25-8-12-29-60(54)65(61(55)42-50)58-27-10-6-23-52(58)53-24-7-11-28-59(53)65/h1-42H. The zero-order chi connectivity index (χ0) is 44.1. The van der Waals surface area contributed by atoms with Crippen molar-refractivity contribution in [3.8, 4) is 50.2 Å². The summed E-state index contributed by atoms with van der Waals surface area (Å²) in [5.41, 5.74) is 21.9. The molecule has 2 heteroatoms. The van der Waals surface area contributed by atoms with Crippen molar-refractivity contribution in [2.75, 3.05) is 4.90 Å². The molecule has 0 N–H and O–H groups in total. The van der Waals surface area contributed by atoms with Gasteiger partial charge < -0.3 is 9.47 Å². The summed E-state index contributed by atoms with van der Waals surface area (Å²) in [6.45, 7) is 0. The summed E-state index contributed by atoms with van der Waals surface area (Å²) in [4.78, 5) is 2.47. The van der Waals surface area contributed by atoms with Crippen molar-refractivity contribution >= 4 is 49.6 Å². The van der Waals surface area contributed by atoms with Crippen molar-refractivity contribution in [2.24, 2.45) is 0 Å². The number of nitrogens with zero attached hydrogens (tertiary/aromatic N) is 2. The van der Waals surface area contributed by atoms with Gasteiger partial charge in [-0.05, 0) is 139 Å². The highest BCUT2D eigenvalue weighted by Crippen LogP contribution is 2.63. The van der Waals surface area contributed by atoms with Crippen LogP contribution in [-0.4, -0.2) is 4.57 Å². The molecular formula is C65H42N2. The Bertz CT molecular complexity index is 3860. The van der Waals surface area contributed by atoms with Crippen LogP contribution in [0.1, 0.15) is 22.3 Å². The first-order chi connectivity index (χ1) is 33.2. The molecule has 1 spiro atoms. The highest BCUT2D eigenvalue weighted by molar-refractivity contribution is 6.10. The number of fused-ring (bicyclic) bond motifs is 14. The lowest BCUT2D eigenvalue weighted by Gasteiger charge is -2.32. The van der Waals surface area contributed by atoms with Gasteiger partial charge in [0.25, 0.3) is 0 Å². The molecule has 0 radical (unpaired) electrons. The third-order valence-electron chi connectivity index (χ3n) is 14.6. The van der Waals surface area contributed by atoms with Crippen molar-refractivity contribution in [1.29, 1.82) is 0 Å². The van der Waals surface area contributed by atoms with Crippen molar-refractivity contribution < 1.29 is 0 Å². The normalized spacial score (nSPS) is 12.9. The Morgan fingerprint density at radius 1 is 0.299 bits per heavy atom. The Hall–Kier alpha value is -8.72. The Kier molecular flexibility index (Phi) is 8.23. The SMILES string of the molecule is c1ccc(-n2c3ccccc3c3cc(-c4cccc(-c5ccc(N(c6ccc7c(c6)C6(c8ccccc8-c8ccccc86)c6ccccc6-7)c6cccc7ccccc67)cc5)c4)ccc32)cc1. The first-order valence-electron chi connectivity index (χ1n) is 23.3. The first kappa shape index (κ1) is 37.6. The molecule has 0 unspecified atom stereocenters. The highest BCUT2D eigenvalue weighted by atomic mass is 15.1. The van der Waals surface area contributed by atoms with E-state index in [1.807, 2.05) is 0 Å². The average Bonchev–Trinajstić information content (AvgIpc) is 4.01. The predicted molar refractivity (Wildman–Crippen MR) is 280 cm³/mol. The number of aromatic nitrogens is 1. The van der Waals surface area contributed by atoms with E-state index < -0.39 is 5.41 Å². The molecule has 1 aromatic heterocycles. The molecule has 312 valence electrons. The molecule has 0 fully saturated rings. The Labute approximate surface area is 389 Å². The van der Waals surface area contributed by atoms with Gasteiger partial charge in [-0.3, -0.25) is 0 Å². The highest BCUT2D eigenvalue weighted by Gasteiger charge is 2.51. The topological polar surface area (TPSA) is 8.17 Å². The zero-order valence-electron chi connectivity index (χ0n) is 36.6. The Balaban J connectivity index is 0.896. The van der Waals surface area contributed by atoms with E-state index in [4.69, 9.17) is 0 Å². The van der Waals surface area contributed by atoms with E-state index in [1.165, 1.54) is 105 Å². The van der Waals surface area contributed by atoms with E-state index >= 15 is 0 Å². The summed E-state index contributed by atoms with van der Waals surface area (Å²) in [7, 11) is 0. The van der Waals surface area contributed by atoms with Crippen LogP contribution in [0, 0.1) is 0 Å².